The molecule has 0 radical (unpaired) electrons. The molecule has 3 nitrogen and oxygen atoms in total. The zero-order valence-corrected chi connectivity index (χ0v) is 9.34. The normalized spacial score (nSPS) is 8.57. The Kier molecular flexibility index (Phi) is 6.76. The Labute approximate surface area is 89.1 Å². The van der Waals surface area contributed by atoms with Crippen molar-refractivity contribution in [2.24, 2.45) is 0 Å². The SMILES string of the molecule is CC.CCOc1nc(Cl)ccc1C=O. The minimum atomic E-state index is 0.292. The van der Waals surface area contributed by atoms with E-state index >= 15 is 0 Å². The zero-order valence-electron chi connectivity index (χ0n) is 8.58. The Morgan fingerprint density at radius 1 is 1.50 bits per heavy atom. The molecule has 0 amide bonds. The van der Waals surface area contributed by atoms with Crippen LogP contribution >= 0.6 is 11.6 Å². The second kappa shape index (κ2) is 7.33. The maximum Gasteiger partial charge on any atom is 0.225 e. The largest absolute Gasteiger partial charge is 0.477 e. The molecule has 0 unspecified atom stereocenters. The molecule has 0 fully saturated rings. The number of nitrogens with zero attached hydrogens (tertiary/aromatic N) is 1. The lowest BCUT2D eigenvalue weighted by Crippen LogP contribution is -1.98. The van der Waals surface area contributed by atoms with Crippen molar-refractivity contribution in [1.82, 2.24) is 4.98 Å². The van der Waals surface area contributed by atoms with Crippen LogP contribution in [0.4, 0.5) is 0 Å². The quantitative estimate of drug-likeness (QED) is 0.575. The lowest BCUT2D eigenvalue weighted by molar-refractivity contribution is 0.111. The summed E-state index contributed by atoms with van der Waals surface area (Å²) < 4.78 is 5.08. The summed E-state index contributed by atoms with van der Waals surface area (Å²) in [6, 6.07) is 3.13. The van der Waals surface area contributed by atoms with E-state index in [0.717, 1.165) is 0 Å². The van der Waals surface area contributed by atoms with Gasteiger partial charge in [0.05, 0.1) is 12.2 Å². The van der Waals surface area contributed by atoms with Crippen molar-refractivity contribution in [1.29, 1.82) is 0 Å². The summed E-state index contributed by atoms with van der Waals surface area (Å²) in [5, 5.41) is 0.323. The monoisotopic (exact) mass is 215 g/mol. The molecule has 0 N–H and O–H groups in total. The Morgan fingerprint density at radius 3 is 2.64 bits per heavy atom. The van der Waals surface area contributed by atoms with Crippen molar-refractivity contribution in [3.05, 3.63) is 22.8 Å². The van der Waals surface area contributed by atoms with Crippen molar-refractivity contribution in [3.8, 4) is 5.88 Å². The van der Waals surface area contributed by atoms with E-state index in [1.807, 2.05) is 20.8 Å². The summed E-state index contributed by atoms with van der Waals surface area (Å²) in [6.07, 6.45) is 0.689. The number of aromatic nitrogens is 1. The maximum absolute atomic E-state index is 10.5. The smallest absolute Gasteiger partial charge is 0.225 e. The number of aldehydes is 1. The van der Waals surface area contributed by atoms with E-state index < -0.39 is 0 Å². The van der Waals surface area contributed by atoms with Crippen LogP contribution in [-0.2, 0) is 0 Å². The topological polar surface area (TPSA) is 39.2 Å². The summed E-state index contributed by atoms with van der Waals surface area (Å²) in [4.78, 5) is 14.3. The Hall–Kier alpha value is -1.09. The van der Waals surface area contributed by atoms with Crippen molar-refractivity contribution in [2.75, 3.05) is 6.61 Å². The Bertz CT molecular complexity index is 289. The highest BCUT2D eigenvalue weighted by molar-refractivity contribution is 6.29. The summed E-state index contributed by atoms with van der Waals surface area (Å²) in [6.45, 7) is 6.28. The van der Waals surface area contributed by atoms with Crippen LogP contribution < -0.4 is 4.74 Å². The van der Waals surface area contributed by atoms with Crippen molar-refractivity contribution in [3.63, 3.8) is 0 Å². The van der Waals surface area contributed by atoms with Gasteiger partial charge in [-0.15, -0.1) is 0 Å². The maximum atomic E-state index is 10.5. The molecule has 78 valence electrons. The second-order valence-corrected chi connectivity index (χ2v) is 2.47. The first kappa shape index (κ1) is 12.9. The lowest BCUT2D eigenvalue weighted by Gasteiger charge is -2.03. The fraction of sp³-hybridized carbons (Fsp3) is 0.400. The van der Waals surface area contributed by atoms with Gasteiger partial charge in [0.15, 0.2) is 6.29 Å². The summed E-state index contributed by atoms with van der Waals surface area (Å²) in [5.41, 5.74) is 0.418. The Morgan fingerprint density at radius 2 is 2.14 bits per heavy atom. The number of pyridine rings is 1. The van der Waals surface area contributed by atoms with Gasteiger partial charge in [-0.05, 0) is 19.1 Å². The number of carbonyl (C=O) groups is 1. The third-order valence-electron chi connectivity index (χ3n) is 1.26. The van der Waals surface area contributed by atoms with Crippen LogP contribution in [0.5, 0.6) is 5.88 Å². The average molecular weight is 216 g/mol. The zero-order chi connectivity index (χ0) is 11.0. The van der Waals surface area contributed by atoms with Crippen LogP contribution in [0.1, 0.15) is 31.1 Å². The van der Waals surface area contributed by atoms with E-state index in [4.69, 9.17) is 16.3 Å². The van der Waals surface area contributed by atoms with Gasteiger partial charge in [0.25, 0.3) is 0 Å². The first-order chi connectivity index (χ1) is 6.77. The predicted octanol–water partition coefficient (Wildman–Crippen LogP) is 2.97. The summed E-state index contributed by atoms with van der Waals surface area (Å²) in [7, 11) is 0. The summed E-state index contributed by atoms with van der Waals surface area (Å²) in [5.74, 6) is 0.292. The van der Waals surface area contributed by atoms with Crippen LogP contribution in [0.25, 0.3) is 0 Å². The average Bonchev–Trinajstić information content (AvgIpc) is 2.22. The third-order valence-corrected chi connectivity index (χ3v) is 1.47. The third kappa shape index (κ3) is 3.75. The highest BCUT2D eigenvalue weighted by Gasteiger charge is 2.03. The molecule has 0 aromatic carbocycles. The van der Waals surface area contributed by atoms with Crippen LogP contribution in [-0.4, -0.2) is 17.9 Å². The minimum Gasteiger partial charge on any atom is -0.477 e. The minimum absolute atomic E-state index is 0.292. The number of halogens is 1. The number of hydrogen-bond donors (Lipinski definition) is 0. The fourth-order valence-electron chi connectivity index (χ4n) is 0.771. The molecule has 0 aliphatic rings. The van der Waals surface area contributed by atoms with Gasteiger partial charge in [0, 0.05) is 0 Å². The molecule has 0 aliphatic heterocycles. The first-order valence-corrected chi connectivity index (χ1v) is 4.90. The molecule has 4 heteroatoms. The highest BCUT2D eigenvalue weighted by atomic mass is 35.5. The van der Waals surface area contributed by atoms with E-state index in [9.17, 15) is 4.79 Å². The number of carbonyl (C=O) groups excluding carboxylic acids is 1. The van der Waals surface area contributed by atoms with Crippen molar-refractivity contribution in [2.45, 2.75) is 20.8 Å². The van der Waals surface area contributed by atoms with Gasteiger partial charge >= 0.3 is 0 Å². The molecule has 1 rings (SSSR count). The summed E-state index contributed by atoms with van der Waals surface area (Å²) >= 11 is 5.60. The Balaban J connectivity index is 0.000000791. The van der Waals surface area contributed by atoms with Crippen LogP contribution in [0, 0.1) is 0 Å². The lowest BCUT2D eigenvalue weighted by atomic mass is 10.3. The van der Waals surface area contributed by atoms with E-state index in [0.29, 0.717) is 29.5 Å². The van der Waals surface area contributed by atoms with Gasteiger partial charge in [-0.2, -0.15) is 0 Å². The molecule has 0 spiro atoms. The van der Waals surface area contributed by atoms with Crippen LogP contribution in [0.2, 0.25) is 5.15 Å². The van der Waals surface area contributed by atoms with Gasteiger partial charge in [-0.25, -0.2) is 4.98 Å². The van der Waals surface area contributed by atoms with Crippen molar-refractivity contribution >= 4 is 17.9 Å². The molecule has 0 aliphatic carbocycles. The van der Waals surface area contributed by atoms with Gasteiger partial charge < -0.3 is 4.74 Å². The van der Waals surface area contributed by atoms with Gasteiger partial charge in [-0.3, -0.25) is 4.79 Å². The van der Waals surface area contributed by atoms with Crippen LogP contribution in [0.15, 0.2) is 12.1 Å². The molecule has 1 aromatic heterocycles. The predicted molar refractivity (Wildman–Crippen MR) is 57.2 cm³/mol. The van der Waals surface area contributed by atoms with E-state index in [1.54, 1.807) is 12.1 Å². The number of rotatable bonds is 3. The highest BCUT2D eigenvalue weighted by Crippen LogP contribution is 2.16. The standard InChI is InChI=1S/C8H8ClNO2.C2H6/c1-2-12-8-6(5-11)3-4-7(9)10-8;1-2/h3-5H,2H2,1H3;1-2H3. The first-order valence-electron chi connectivity index (χ1n) is 4.52. The van der Waals surface area contributed by atoms with E-state index in [1.165, 1.54) is 0 Å². The van der Waals surface area contributed by atoms with E-state index in [-0.39, 0.29) is 0 Å². The molecular weight excluding hydrogens is 202 g/mol. The van der Waals surface area contributed by atoms with E-state index in [2.05, 4.69) is 4.98 Å². The second-order valence-electron chi connectivity index (χ2n) is 2.08. The van der Waals surface area contributed by atoms with Gasteiger partial charge in [-0.1, -0.05) is 25.4 Å². The fourth-order valence-corrected chi connectivity index (χ4v) is 0.910. The van der Waals surface area contributed by atoms with Gasteiger partial charge in [0.2, 0.25) is 5.88 Å². The molecule has 0 atom stereocenters. The molecular formula is C10H14ClNO2. The van der Waals surface area contributed by atoms with Gasteiger partial charge in [0.1, 0.15) is 5.15 Å². The molecule has 1 aromatic rings. The molecule has 14 heavy (non-hydrogen) atoms. The van der Waals surface area contributed by atoms with Crippen LogP contribution in [0.3, 0.4) is 0 Å². The molecule has 0 saturated carbocycles. The molecule has 0 saturated heterocycles. The number of ether oxygens (including phenoxy) is 1. The molecule has 0 bridgehead atoms. The van der Waals surface area contributed by atoms with Crippen molar-refractivity contribution < 1.29 is 9.53 Å². The number of hydrogen-bond acceptors (Lipinski definition) is 3. The molecule has 1 heterocycles.